The molecule has 0 spiro atoms. The molecule has 2 aliphatic carbocycles. The fourth-order valence-electron chi connectivity index (χ4n) is 2.76. The van der Waals surface area contributed by atoms with Gasteiger partial charge in [0.1, 0.15) is 0 Å². The summed E-state index contributed by atoms with van der Waals surface area (Å²) in [6.45, 7) is 6.71. The molecule has 0 amide bonds. The summed E-state index contributed by atoms with van der Waals surface area (Å²) in [7, 11) is -3.21. The van der Waals surface area contributed by atoms with Crippen molar-refractivity contribution in [3.63, 3.8) is 0 Å². The van der Waals surface area contributed by atoms with Crippen LogP contribution in [-0.2, 0) is 10.0 Å². The molecule has 2 saturated carbocycles. The molecule has 19 heavy (non-hydrogen) atoms. The molecule has 0 aromatic rings. The van der Waals surface area contributed by atoms with Crippen molar-refractivity contribution in [2.45, 2.75) is 76.6 Å². The van der Waals surface area contributed by atoms with Gasteiger partial charge < -0.3 is 5.32 Å². The SMILES string of the molecule is CC(CNC1CC1)S(=O)(=O)NC1CCCCC1(C)C. The molecule has 5 heteroatoms. The third kappa shape index (κ3) is 4.17. The van der Waals surface area contributed by atoms with E-state index in [0.29, 0.717) is 12.6 Å². The van der Waals surface area contributed by atoms with Crippen molar-refractivity contribution in [2.75, 3.05) is 6.54 Å². The van der Waals surface area contributed by atoms with E-state index in [1.54, 1.807) is 6.92 Å². The highest BCUT2D eigenvalue weighted by atomic mass is 32.2. The van der Waals surface area contributed by atoms with Crippen LogP contribution in [0.15, 0.2) is 0 Å². The predicted molar refractivity (Wildman–Crippen MR) is 78.6 cm³/mol. The Hall–Kier alpha value is -0.130. The van der Waals surface area contributed by atoms with Crippen molar-refractivity contribution < 1.29 is 8.42 Å². The largest absolute Gasteiger partial charge is 0.313 e. The summed E-state index contributed by atoms with van der Waals surface area (Å²) in [4.78, 5) is 0. The average molecular weight is 288 g/mol. The Balaban J connectivity index is 1.90. The van der Waals surface area contributed by atoms with Gasteiger partial charge in [0, 0.05) is 18.6 Å². The molecule has 2 atom stereocenters. The molecule has 0 aromatic carbocycles. The first-order valence-electron chi connectivity index (χ1n) is 7.56. The van der Waals surface area contributed by atoms with E-state index in [-0.39, 0.29) is 16.7 Å². The molecule has 0 heterocycles. The summed E-state index contributed by atoms with van der Waals surface area (Å²) in [5.41, 5.74) is 0.0783. The van der Waals surface area contributed by atoms with Gasteiger partial charge in [0.05, 0.1) is 5.25 Å². The van der Waals surface area contributed by atoms with Crippen LogP contribution in [0.4, 0.5) is 0 Å². The second-order valence-electron chi connectivity index (χ2n) is 6.94. The van der Waals surface area contributed by atoms with Crippen molar-refractivity contribution in [1.29, 1.82) is 0 Å². The van der Waals surface area contributed by atoms with Crippen molar-refractivity contribution >= 4 is 10.0 Å². The fourth-order valence-corrected chi connectivity index (χ4v) is 4.14. The van der Waals surface area contributed by atoms with Crippen LogP contribution in [0.2, 0.25) is 0 Å². The second-order valence-corrected chi connectivity index (χ2v) is 9.07. The van der Waals surface area contributed by atoms with Gasteiger partial charge in [0.15, 0.2) is 0 Å². The van der Waals surface area contributed by atoms with Gasteiger partial charge in [-0.25, -0.2) is 13.1 Å². The second kappa shape index (κ2) is 5.70. The molecule has 4 nitrogen and oxygen atoms in total. The molecule has 0 radical (unpaired) electrons. The number of rotatable bonds is 6. The maximum absolute atomic E-state index is 12.4. The van der Waals surface area contributed by atoms with E-state index in [4.69, 9.17) is 0 Å². The minimum Gasteiger partial charge on any atom is -0.313 e. The molecule has 2 N–H and O–H groups in total. The van der Waals surface area contributed by atoms with E-state index in [9.17, 15) is 8.42 Å². The van der Waals surface area contributed by atoms with Crippen LogP contribution < -0.4 is 10.0 Å². The Morgan fingerprint density at radius 3 is 2.47 bits per heavy atom. The lowest BCUT2D eigenvalue weighted by Crippen LogP contribution is -2.50. The van der Waals surface area contributed by atoms with Crippen molar-refractivity contribution in [2.24, 2.45) is 5.41 Å². The van der Waals surface area contributed by atoms with Crippen LogP contribution in [0.1, 0.15) is 59.3 Å². The van der Waals surface area contributed by atoms with Gasteiger partial charge in [-0.3, -0.25) is 0 Å². The van der Waals surface area contributed by atoms with Gasteiger partial charge >= 0.3 is 0 Å². The van der Waals surface area contributed by atoms with Crippen molar-refractivity contribution in [1.82, 2.24) is 10.0 Å². The third-order valence-electron chi connectivity index (χ3n) is 4.61. The maximum Gasteiger partial charge on any atom is 0.215 e. The Bertz CT molecular complexity index is 402. The number of hydrogen-bond acceptors (Lipinski definition) is 3. The Kier molecular flexibility index (Phi) is 4.58. The zero-order chi connectivity index (χ0) is 14.1. The summed E-state index contributed by atoms with van der Waals surface area (Å²) in [6.07, 6.45) is 6.80. The van der Waals surface area contributed by atoms with E-state index in [0.717, 1.165) is 19.3 Å². The highest BCUT2D eigenvalue weighted by molar-refractivity contribution is 7.90. The zero-order valence-corrected chi connectivity index (χ0v) is 13.2. The molecular weight excluding hydrogens is 260 g/mol. The van der Waals surface area contributed by atoms with E-state index >= 15 is 0 Å². The molecule has 0 saturated heterocycles. The summed E-state index contributed by atoms with van der Waals surface area (Å²) < 4.78 is 27.7. The predicted octanol–water partition coefficient (Wildman–Crippen LogP) is 2.02. The lowest BCUT2D eigenvalue weighted by Gasteiger charge is -2.39. The van der Waals surface area contributed by atoms with Crippen molar-refractivity contribution in [3.05, 3.63) is 0 Å². The van der Waals surface area contributed by atoms with Crippen LogP contribution >= 0.6 is 0 Å². The summed E-state index contributed by atoms with van der Waals surface area (Å²) >= 11 is 0. The van der Waals surface area contributed by atoms with E-state index < -0.39 is 10.0 Å². The summed E-state index contributed by atoms with van der Waals surface area (Å²) in [5, 5.41) is 2.95. The fraction of sp³-hybridized carbons (Fsp3) is 1.00. The molecule has 112 valence electrons. The van der Waals surface area contributed by atoms with Crippen LogP contribution in [0.5, 0.6) is 0 Å². The molecule has 2 fully saturated rings. The average Bonchev–Trinajstić information content (AvgIpc) is 3.12. The number of nitrogens with one attached hydrogen (secondary N) is 2. The Labute approximate surface area is 117 Å². The van der Waals surface area contributed by atoms with E-state index in [2.05, 4.69) is 23.9 Å². The first-order valence-corrected chi connectivity index (χ1v) is 9.10. The third-order valence-corrected chi connectivity index (χ3v) is 6.45. The number of hydrogen-bond donors (Lipinski definition) is 2. The maximum atomic E-state index is 12.4. The molecule has 2 unspecified atom stereocenters. The molecule has 2 aliphatic rings. The Morgan fingerprint density at radius 2 is 1.89 bits per heavy atom. The molecule has 0 aliphatic heterocycles. The van der Waals surface area contributed by atoms with Gasteiger partial charge in [0.2, 0.25) is 10.0 Å². The normalized spacial score (nSPS) is 29.1. The molecular formula is C14H28N2O2S. The van der Waals surface area contributed by atoms with Gasteiger partial charge in [-0.1, -0.05) is 26.7 Å². The zero-order valence-electron chi connectivity index (χ0n) is 12.4. The minimum atomic E-state index is -3.21. The summed E-state index contributed by atoms with van der Waals surface area (Å²) in [5.74, 6) is 0. The van der Waals surface area contributed by atoms with E-state index in [1.807, 2.05) is 0 Å². The van der Waals surface area contributed by atoms with Crippen LogP contribution in [0.3, 0.4) is 0 Å². The monoisotopic (exact) mass is 288 g/mol. The van der Waals surface area contributed by atoms with Crippen LogP contribution in [0, 0.1) is 5.41 Å². The lowest BCUT2D eigenvalue weighted by atomic mass is 9.74. The Morgan fingerprint density at radius 1 is 1.21 bits per heavy atom. The highest BCUT2D eigenvalue weighted by Crippen LogP contribution is 2.35. The molecule has 2 rings (SSSR count). The minimum absolute atomic E-state index is 0.0783. The van der Waals surface area contributed by atoms with Gasteiger partial charge in [0.25, 0.3) is 0 Å². The van der Waals surface area contributed by atoms with Gasteiger partial charge in [-0.15, -0.1) is 0 Å². The van der Waals surface area contributed by atoms with Gasteiger partial charge in [-0.2, -0.15) is 0 Å². The topological polar surface area (TPSA) is 58.2 Å². The molecule has 0 aromatic heterocycles. The van der Waals surface area contributed by atoms with Crippen LogP contribution in [-0.4, -0.2) is 32.3 Å². The first-order chi connectivity index (χ1) is 8.81. The molecule has 0 bridgehead atoms. The smallest absolute Gasteiger partial charge is 0.215 e. The summed E-state index contributed by atoms with van der Waals surface area (Å²) in [6, 6.07) is 0.651. The number of sulfonamides is 1. The van der Waals surface area contributed by atoms with Gasteiger partial charge in [-0.05, 0) is 38.0 Å². The van der Waals surface area contributed by atoms with E-state index in [1.165, 1.54) is 19.3 Å². The van der Waals surface area contributed by atoms with Crippen molar-refractivity contribution in [3.8, 4) is 0 Å². The highest BCUT2D eigenvalue weighted by Gasteiger charge is 2.36. The van der Waals surface area contributed by atoms with Crippen LogP contribution in [0.25, 0.3) is 0 Å². The first kappa shape index (κ1) is 15.3. The lowest BCUT2D eigenvalue weighted by molar-refractivity contribution is 0.188. The quantitative estimate of drug-likeness (QED) is 0.786. The standard InChI is InChI=1S/C14H28N2O2S/c1-11(10-15-12-7-8-12)19(17,18)16-13-6-4-5-9-14(13,2)3/h11-13,15-16H,4-10H2,1-3H3.